The van der Waals surface area contributed by atoms with Crippen LogP contribution in [0.3, 0.4) is 0 Å². The van der Waals surface area contributed by atoms with Gasteiger partial charge in [0.2, 0.25) is 5.91 Å². The molecule has 8 heteroatoms. The Kier molecular flexibility index (Phi) is 4.34. The molecule has 0 atom stereocenters. The molecule has 1 aliphatic rings. The number of rotatable bonds is 2. The fraction of sp³-hybridized carbons (Fsp3) is 0.263. The van der Waals surface area contributed by atoms with Gasteiger partial charge in [-0.25, -0.2) is 4.98 Å². The van der Waals surface area contributed by atoms with Crippen molar-refractivity contribution in [3.63, 3.8) is 0 Å². The van der Waals surface area contributed by atoms with E-state index in [1.807, 2.05) is 6.07 Å². The smallest absolute Gasteiger partial charge is 0.336 e. The van der Waals surface area contributed by atoms with Crippen molar-refractivity contribution in [1.82, 2.24) is 14.3 Å². The topological polar surface area (TPSA) is 37.6 Å². The first kappa shape index (κ1) is 17.9. The zero-order chi connectivity index (χ0) is 19.2. The number of carbonyl (C=O) groups is 1. The van der Waals surface area contributed by atoms with Gasteiger partial charge in [0.15, 0.2) is 5.69 Å². The van der Waals surface area contributed by atoms with Crippen molar-refractivity contribution >= 4 is 23.2 Å². The molecule has 1 aliphatic heterocycles. The number of amides is 1. The summed E-state index contributed by atoms with van der Waals surface area (Å²) in [6.45, 7) is 0.171. The van der Waals surface area contributed by atoms with Crippen LogP contribution in [-0.4, -0.2) is 26.7 Å². The van der Waals surface area contributed by atoms with Crippen LogP contribution < -0.4 is 0 Å². The van der Waals surface area contributed by atoms with Gasteiger partial charge in [0.1, 0.15) is 5.65 Å². The zero-order valence-electron chi connectivity index (χ0n) is 14.1. The van der Waals surface area contributed by atoms with Gasteiger partial charge < -0.3 is 9.30 Å². The number of halogens is 4. The Bertz CT molecular complexity index is 1030. The fourth-order valence-electron chi connectivity index (χ4n) is 3.43. The van der Waals surface area contributed by atoms with Crippen molar-refractivity contribution in [2.75, 3.05) is 6.54 Å². The molecule has 0 spiro atoms. The molecule has 0 N–H and O–H groups in total. The van der Waals surface area contributed by atoms with E-state index >= 15 is 0 Å². The maximum Gasteiger partial charge on any atom is 0.435 e. The van der Waals surface area contributed by atoms with Crippen molar-refractivity contribution in [1.29, 1.82) is 0 Å². The van der Waals surface area contributed by atoms with Gasteiger partial charge in [-0.05, 0) is 41.8 Å². The van der Waals surface area contributed by atoms with Gasteiger partial charge >= 0.3 is 6.18 Å². The molecule has 0 radical (unpaired) electrons. The average Bonchev–Trinajstić information content (AvgIpc) is 2.91. The largest absolute Gasteiger partial charge is 0.435 e. The van der Waals surface area contributed by atoms with Crippen molar-refractivity contribution in [3.8, 4) is 0 Å². The monoisotopic (exact) mass is 393 g/mol. The lowest BCUT2D eigenvalue weighted by Crippen LogP contribution is -2.33. The van der Waals surface area contributed by atoms with Crippen LogP contribution in [0.5, 0.6) is 0 Å². The highest BCUT2D eigenvalue weighted by molar-refractivity contribution is 6.30. The second-order valence-corrected chi connectivity index (χ2v) is 6.93. The summed E-state index contributed by atoms with van der Waals surface area (Å²) < 4.78 is 41.8. The van der Waals surface area contributed by atoms with Gasteiger partial charge in [0.05, 0.1) is 18.7 Å². The van der Waals surface area contributed by atoms with Crippen LogP contribution in [0.2, 0.25) is 5.02 Å². The second kappa shape index (κ2) is 6.56. The number of aromatic nitrogens is 2. The summed E-state index contributed by atoms with van der Waals surface area (Å²) in [6, 6.07) is 10.1. The molecule has 1 aromatic carbocycles. The summed E-state index contributed by atoms with van der Waals surface area (Å²) in [5.41, 5.74) is 1.03. The van der Waals surface area contributed by atoms with Crippen LogP contribution in [0, 0.1) is 0 Å². The number of nitrogens with zero attached hydrogens (tertiary/aromatic N) is 3. The van der Waals surface area contributed by atoms with Gasteiger partial charge in [-0.3, -0.25) is 4.79 Å². The van der Waals surface area contributed by atoms with Gasteiger partial charge in [-0.15, -0.1) is 0 Å². The van der Waals surface area contributed by atoms with E-state index in [9.17, 15) is 18.0 Å². The summed E-state index contributed by atoms with van der Waals surface area (Å²) in [6.07, 6.45) is -2.37. The molecule has 0 saturated carbocycles. The number of alkyl halides is 3. The van der Waals surface area contributed by atoms with E-state index in [1.165, 1.54) is 21.6 Å². The van der Waals surface area contributed by atoms with Crippen LogP contribution >= 0.6 is 11.6 Å². The Hall–Kier alpha value is -2.54. The van der Waals surface area contributed by atoms with E-state index in [-0.39, 0.29) is 30.2 Å². The van der Waals surface area contributed by atoms with Gasteiger partial charge in [0.25, 0.3) is 0 Å². The minimum atomic E-state index is -4.59. The van der Waals surface area contributed by atoms with Gasteiger partial charge in [0, 0.05) is 17.8 Å². The molecule has 0 saturated heterocycles. The number of hydrogen-bond acceptors (Lipinski definition) is 2. The van der Waals surface area contributed by atoms with E-state index in [4.69, 9.17) is 11.6 Å². The van der Waals surface area contributed by atoms with Gasteiger partial charge in [-0.2, -0.15) is 13.2 Å². The van der Waals surface area contributed by atoms with Crippen LogP contribution in [0.15, 0.2) is 42.6 Å². The molecule has 4 rings (SSSR count). The van der Waals surface area contributed by atoms with E-state index < -0.39 is 11.9 Å². The Morgan fingerprint density at radius 3 is 2.74 bits per heavy atom. The van der Waals surface area contributed by atoms with Crippen LogP contribution in [0.25, 0.3) is 5.65 Å². The average molecular weight is 394 g/mol. The first-order valence-electron chi connectivity index (χ1n) is 8.41. The van der Waals surface area contributed by atoms with E-state index in [2.05, 4.69) is 4.98 Å². The van der Waals surface area contributed by atoms with E-state index in [0.717, 1.165) is 11.1 Å². The first-order chi connectivity index (χ1) is 12.8. The summed E-state index contributed by atoms with van der Waals surface area (Å²) in [7, 11) is 0. The van der Waals surface area contributed by atoms with E-state index in [1.54, 1.807) is 24.3 Å². The molecule has 3 aromatic rings. The summed E-state index contributed by atoms with van der Waals surface area (Å²) >= 11 is 6.02. The maximum atomic E-state index is 13.5. The SMILES string of the molecule is O=C1Cc2ccc(Cl)cc2CCN1Cc1c(C(F)(F)F)nc2ccccn12. The third kappa shape index (κ3) is 3.39. The van der Waals surface area contributed by atoms with Crippen molar-refractivity contribution in [2.24, 2.45) is 0 Å². The van der Waals surface area contributed by atoms with Crippen LogP contribution in [0.1, 0.15) is 22.5 Å². The number of hydrogen-bond donors (Lipinski definition) is 0. The summed E-state index contributed by atoms with van der Waals surface area (Å²) in [5.74, 6) is -0.213. The highest BCUT2D eigenvalue weighted by Gasteiger charge is 2.38. The highest BCUT2D eigenvalue weighted by Crippen LogP contribution is 2.33. The Labute approximate surface area is 158 Å². The third-order valence-electron chi connectivity index (χ3n) is 4.75. The van der Waals surface area contributed by atoms with Crippen molar-refractivity contribution in [2.45, 2.75) is 25.6 Å². The Balaban J connectivity index is 1.69. The molecule has 2 aromatic heterocycles. The molecule has 0 bridgehead atoms. The molecule has 3 heterocycles. The van der Waals surface area contributed by atoms with Crippen LogP contribution in [-0.2, 0) is 30.4 Å². The number of imidazole rings is 1. The van der Waals surface area contributed by atoms with Crippen LogP contribution in [0.4, 0.5) is 13.2 Å². The number of benzene rings is 1. The zero-order valence-corrected chi connectivity index (χ0v) is 14.9. The molecule has 0 aliphatic carbocycles. The standard InChI is InChI=1S/C19H15ClF3N3O/c20-14-5-4-12-10-17(27)25(8-6-13(12)9-14)11-15-18(19(21,22)23)24-16-3-1-2-7-26(15)16/h1-5,7,9H,6,8,10-11H2. The molecule has 0 unspecified atom stereocenters. The molecule has 140 valence electrons. The lowest BCUT2D eigenvalue weighted by atomic mass is 10.0. The lowest BCUT2D eigenvalue weighted by molar-refractivity contribution is -0.142. The quantitative estimate of drug-likeness (QED) is 0.656. The Morgan fingerprint density at radius 2 is 1.96 bits per heavy atom. The number of fused-ring (bicyclic) bond motifs is 2. The third-order valence-corrected chi connectivity index (χ3v) is 4.99. The molecular weight excluding hydrogens is 379 g/mol. The predicted molar refractivity (Wildman–Crippen MR) is 94.5 cm³/mol. The van der Waals surface area contributed by atoms with E-state index in [0.29, 0.717) is 18.0 Å². The second-order valence-electron chi connectivity index (χ2n) is 6.49. The lowest BCUT2D eigenvalue weighted by Gasteiger charge is -2.21. The predicted octanol–water partition coefficient (Wildman–Crippen LogP) is 4.13. The molecule has 1 amide bonds. The summed E-state index contributed by atoms with van der Waals surface area (Å²) in [5, 5.41) is 0.579. The maximum absolute atomic E-state index is 13.5. The highest BCUT2D eigenvalue weighted by atomic mass is 35.5. The Morgan fingerprint density at radius 1 is 1.15 bits per heavy atom. The minimum Gasteiger partial charge on any atom is -0.336 e. The van der Waals surface area contributed by atoms with Crippen molar-refractivity contribution in [3.05, 3.63) is 70.1 Å². The fourth-order valence-corrected chi connectivity index (χ4v) is 3.62. The molecule has 4 nitrogen and oxygen atoms in total. The van der Waals surface area contributed by atoms with Gasteiger partial charge in [-0.1, -0.05) is 23.7 Å². The molecular formula is C19H15ClF3N3O. The van der Waals surface area contributed by atoms with Crippen molar-refractivity contribution < 1.29 is 18.0 Å². The minimum absolute atomic E-state index is 0.0320. The molecule has 27 heavy (non-hydrogen) atoms. The number of pyridine rings is 1. The normalized spacial score (nSPS) is 15.1. The summed E-state index contributed by atoms with van der Waals surface area (Å²) in [4.78, 5) is 17.9. The first-order valence-corrected chi connectivity index (χ1v) is 8.79. The molecule has 0 fully saturated rings. The number of carbonyl (C=O) groups excluding carboxylic acids is 1.